The van der Waals surface area contributed by atoms with Gasteiger partial charge in [0.25, 0.3) is 10.2 Å². The van der Waals surface area contributed by atoms with Crippen LogP contribution in [0.1, 0.15) is 46.0 Å². The predicted molar refractivity (Wildman–Crippen MR) is 89.0 cm³/mol. The molecule has 6 nitrogen and oxygen atoms in total. The minimum absolute atomic E-state index is 0.0631. The zero-order chi connectivity index (χ0) is 16.6. The van der Waals surface area contributed by atoms with Gasteiger partial charge in [0, 0.05) is 45.2 Å². The number of rotatable bonds is 3. The summed E-state index contributed by atoms with van der Waals surface area (Å²) in [7, 11) is -3.40. The van der Waals surface area contributed by atoms with Crippen LogP contribution in [0.5, 0.6) is 0 Å². The molecule has 132 valence electrons. The number of hydrogen-bond donors (Lipinski definition) is 0. The maximum atomic E-state index is 13.0. The highest BCUT2D eigenvalue weighted by Gasteiger charge is 2.39. The smallest absolute Gasteiger partial charge is 0.282 e. The van der Waals surface area contributed by atoms with Crippen LogP contribution in [0.15, 0.2) is 0 Å². The summed E-state index contributed by atoms with van der Waals surface area (Å²) in [4.78, 5) is 13.9. The van der Waals surface area contributed by atoms with E-state index in [2.05, 4.69) is 13.8 Å². The Bertz CT molecular complexity index is 541. The Morgan fingerprint density at radius 2 is 1.65 bits per heavy atom. The van der Waals surface area contributed by atoms with Crippen LogP contribution in [0.4, 0.5) is 0 Å². The molecule has 0 aliphatic carbocycles. The highest BCUT2D eigenvalue weighted by atomic mass is 32.2. The molecule has 23 heavy (non-hydrogen) atoms. The second kappa shape index (κ2) is 6.69. The average Bonchev–Trinajstić information content (AvgIpc) is 2.92. The van der Waals surface area contributed by atoms with Crippen molar-refractivity contribution in [2.45, 2.75) is 52.0 Å². The SMILES string of the molecule is C[C@@H]1C[C@H](C)CN(S(=O)(=O)N2CCC[C@@H](N3CCCC3=O)C2)C1. The fraction of sp³-hybridized carbons (Fsp3) is 0.938. The molecule has 3 heterocycles. The molecule has 3 fully saturated rings. The second-order valence-corrected chi connectivity index (χ2v) is 9.54. The van der Waals surface area contributed by atoms with Crippen LogP contribution in [0.3, 0.4) is 0 Å². The molecule has 0 radical (unpaired) electrons. The van der Waals surface area contributed by atoms with E-state index < -0.39 is 10.2 Å². The van der Waals surface area contributed by atoms with E-state index in [0.29, 0.717) is 44.4 Å². The first-order chi connectivity index (χ1) is 10.9. The fourth-order valence-electron chi connectivity index (χ4n) is 4.40. The van der Waals surface area contributed by atoms with E-state index >= 15 is 0 Å². The Labute approximate surface area is 140 Å². The van der Waals surface area contributed by atoms with Crippen LogP contribution in [0.2, 0.25) is 0 Å². The van der Waals surface area contributed by atoms with Gasteiger partial charge in [-0.3, -0.25) is 4.79 Å². The number of carbonyl (C=O) groups is 1. The van der Waals surface area contributed by atoms with Crippen molar-refractivity contribution in [2.75, 3.05) is 32.7 Å². The van der Waals surface area contributed by atoms with Gasteiger partial charge in [0.15, 0.2) is 0 Å². The predicted octanol–water partition coefficient (Wildman–Crippen LogP) is 1.30. The van der Waals surface area contributed by atoms with Gasteiger partial charge in [-0.1, -0.05) is 13.8 Å². The monoisotopic (exact) mass is 343 g/mol. The lowest BCUT2D eigenvalue weighted by atomic mass is 9.94. The van der Waals surface area contributed by atoms with E-state index in [4.69, 9.17) is 0 Å². The molecule has 3 saturated heterocycles. The van der Waals surface area contributed by atoms with Gasteiger partial charge < -0.3 is 4.90 Å². The molecule has 0 unspecified atom stereocenters. The molecule has 3 aliphatic rings. The summed E-state index contributed by atoms with van der Waals surface area (Å²) in [5.41, 5.74) is 0. The van der Waals surface area contributed by atoms with Gasteiger partial charge in [-0.2, -0.15) is 17.0 Å². The Morgan fingerprint density at radius 3 is 2.26 bits per heavy atom. The van der Waals surface area contributed by atoms with E-state index in [1.54, 1.807) is 8.61 Å². The number of nitrogens with zero attached hydrogens (tertiary/aromatic N) is 3. The summed E-state index contributed by atoms with van der Waals surface area (Å²) in [6.45, 7) is 7.33. The van der Waals surface area contributed by atoms with Crippen LogP contribution in [0, 0.1) is 11.8 Å². The first kappa shape index (κ1) is 17.2. The molecule has 0 spiro atoms. The number of piperidine rings is 2. The first-order valence-electron chi connectivity index (χ1n) is 8.92. The van der Waals surface area contributed by atoms with Crippen molar-refractivity contribution in [3.63, 3.8) is 0 Å². The normalized spacial score (nSPS) is 35.0. The third-order valence-corrected chi connectivity index (χ3v) is 7.33. The van der Waals surface area contributed by atoms with Crippen molar-refractivity contribution in [3.8, 4) is 0 Å². The van der Waals surface area contributed by atoms with Crippen LogP contribution >= 0.6 is 0 Å². The van der Waals surface area contributed by atoms with Crippen LogP contribution in [0.25, 0.3) is 0 Å². The van der Waals surface area contributed by atoms with Gasteiger partial charge in [-0.05, 0) is 37.5 Å². The molecule has 7 heteroatoms. The molecule has 1 amide bonds. The molecule has 0 aromatic carbocycles. The van der Waals surface area contributed by atoms with Crippen molar-refractivity contribution in [3.05, 3.63) is 0 Å². The number of hydrogen-bond acceptors (Lipinski definition) is 3. The van der Waals surface area contributed by atoms with E-state index in [9.17, 15) is 13.2 Å². The van der Waals surface area contributed by atoms with Crippen molar-refractivity contribution in [1.82, 2.24) is 13.5 Å². The topological polar surface area (TPSA) is 60.9 Å². The zero-order valence-electron chi connectivity index (χ0n) is 14.3. The third kappa shape index (κ3) is 3.56. The molecule has 0 bridgehead atoms. The standard InChI is InChI=1S/C16H29N3O3S/c1-13-9-14(2)11-18(10-13)23(21,22)17-7-3-5-15(12-17)19-8-4-6-16(19)20/h13-15H,3-12H2,1-2H3/t13-,14+,15-/m1/s1. The highest BCUT2D eigenvalue weighted by molar-refractivity contribution is 7.86. The summed E-state index contributed by atoms with van der Waals surface area (Å²) in [5, 5.41) is 0. The summed E-state index contributed by atoms with van der Waals surface area (Å²) >= 11 is 0. The van der Waals surface area contributed by atoms with Gasteiger partial charge in [-0.25, -0.2) is 0 Å². The maximum absolute atomic E-state index is 13.0. The Morgan fingerprint density at radius 1 is 0.957 bits per heavy atom. The second-order valence-electron chi connectivity index (χ2n) is 7.62. The number of amides is 1. The average molecular weight is 343 g/mol. The van der Waals surface area contributed by atoms with Crippen LogP contribution < -0.4 is 0 Å². The van der Waals surface area contributed by atoms with Gasteiger partial charge in [-0.15, -0.1) is 0 Å². The van der Waals surface area contributed by atoms with Crippen LogP contribution in [-0.4, -0.2) is 66.6 Å². The Balaban J connectivity index is 1.70. The molecule has 3 atom stereocenters. The van der Waals surface area contributed by atoms with Crippen molar-refractivity contribution >= 4 is 16.1 Å². The van der Waals surface area contributed by atoms with E-state index in [1.807, 2.05) is 4.90 Å². The van der Waals surface area contributed by atoms with E-state index in [-0.39, 0.29) is 11.9 Å². The molecular formula is C16H29N3O3S. The largest absolute Gasteiger partial charge is 0.338 e. The first-order valence-corrected chi connectivity index (χ1v) is 10.3. The lowest BCUT2D eigenvalue weighted by molar-refractivity contribution is -0.130. The molecular weight excluding hydrogens is 314 g/mol. The maximum Gasteiger partial charge on any atom is 0.282 e. The van der Waals surface area contributed by atoms with Crippen LogP contribution in [-0.2, 0) is 15.0 Å². The number of carbonyl (C=O) groups excluding carboxylic acids is 1. The van der Waals surface area contributed by atoms with Crippen molar-refractivity contribution < 1.29 is 13.2 Å². The van der Waals surface area contributed by atoms with Gasteiger partial charge >= 0.3 is 0 Å². The molecule has 0 aromatic rings. The fourth-order valence-corrected chi connectivity index (χ4v) is 6.33. The molecule has 0 saturated carbocycles. The van der Waals surface area contributed by atoms with Gasteiger partial charge in [0.2, 0.25) is 5.91 Å². The third-order valence-electron chi connectivity index (χ3n) is 5.40. The van der Waals surface area contributed by atoms with Gasteiger partial charge in [0.05, 0.1) is 0 Å². The zero-order valence-corrected chi connectivity index (χ0v) is 15.1. The summed E-state index contributed by atoms with van der Waals surface area (Å²) in [5.74, 6) is 1.01. The quantitative estimate of drug-likeness (QED) is 0.776. The number of likely N-dealkylation sites (tertiary alicyclic amines) is 1. The molecule has 3 rings (SSSR count). The molecule has 0 N–H and O–H groups in total. The summed E-state index contributed by atoms with van der Waals surface area (Å²) in [6, 6.07) is 0.0631. The minimum Gasteiger partial charge on any atom is -0.338 e. The lowest BCUT2D eigenvalue weighted by Crippen LogP contribution is -2.55. The molecule has 3 aliphatic heterocycles. The minimum atomic E-state index is -3.40. The van der Waals surface area contributed by atoms with E-state index in [0.717, 1.165) is 32.2 Å². The van der Waals surface area contributed by atoms with E-state index in [1.165, 1.54) is 0 Å². The van der Waals surface area contributed by atoms with Gasteiger partial charge in [0.1, 0.15) is 0 Å². The highest BCUT2D eigenvalue weighted by Crippen LogP contribution is 2.28. The lowest BCUT2D eigenvalue weighted by Gasteiger charge is -2.41. The Hall–Kier alpha value is -0.660. The molecule has 0 aromatic heterocycles. The van der Waals surface area contributed by atoms with Crippen molar-refractivity contribution in [1.29, 1.82) is 0 Å². The van der Waals surface area contributed by atoms with Crippen molar-refractivity contribution in [2.24, 2.45) is 11.8 Å². The Kier molecular flexibility index (Phi) is 4.99. The summed E-state index contributed by atoms with van der Waals surface area (Å²) in [6.07, 6.45) is 4.38. The summed E-state index contributed by atoms with van der Waals surface area (Å²) < 4.78 is 29.3.